The van der Waals surface area contributed by atoms with Crippen molar-refractivity contribution in [1.82, 2.24) is 9.21 Å². The van der Waals surface area contributed by atoms with Crippen LogP contribution in [-0.4, -0.2) is 51.9 Å². The Kier molecular flexibility index (Phi) is 6.36. The molecule has 0 bridgehead atoms. The minimum absolute atomic E-state index is 0.276. The first-order chi connectivity index (χ1) is 11.4. The van der Waals surface area contributed by atoms with Gasteiger partial charge in [0.2, 0.25) is 10.0 Å². The Morgan fingerprint density at radius 2 is 1.54 bits per heavy atom. The van der Waals surface area contributed by atoms with Gasteiger partial charge in [-0.2, -0.15) is 4.31 Å². The summed E-state index contributed by atoms with van der Waals surface area (Å²) in [4.78, 5) is 2.25. The van der Waals surface area contributed by atoms with Crippen LogP contribution in [0.25, 0.3) is 0 Å². The topological polar surface area (TPSA) is 49.9 Å². The molecule has 0 amide bonds. The van der Waals surface area contributed by atoms with E-state index >= 15 is 0 Å². The normalized spacial score (nSPS) is 11.9. The van der Waals surface area contributed by atoms with Gasteiger partial charge >= 0.3 is 0 Å². The number of rotatable bonds is 8. The smallest absolute Gasteiger partial charge is 0.243 e. The maximum Gasteiger partial charge on any atom is 0.243 e. The number of benzene rings is 2. The number of sulfonamides is 1. The number of methoxy groups -OCH3 is 1. The van der Waals surface area contributed by atoms with E-state index in [0.29, 0.717) is 25.4 Å². The summed E-state index contributed by atoms with van der Waals surface area (Å²) in [6.07, 6.45) is 0. The molecule has 2 aromatic rings. The fourth-order valence-corrected chi connectivity index (χ4v) is 3.70. The second kappa shape index (κ2) is 8.28. The maximum atomic E-state index is 13.0. The monoisotopic (exact) mass is 348 g/mol. The minimum atomic E-state index is -3.57. The molecule has 0 saturated carbocycles. The largest absolute Gasteiger partial charge is 0.497 e. The van der Waals surface area contributed by atoms with Crippen LogP contribution in [0.5, 0.6) is 5.75 Å². The van der Waals surface area contributed by atoms with Crippen LogP contribution in [-0.2, 0) is 16.6 Å². The van der Waals surface area contributed by atoms with Gasteiger partial charge in [-0.25, -0.2) is 8.42 Å². The van der Waals surface area contributed by atoms with Gasteiger partial charge in [-0.1, -0.05) is 30.3 Å². The molecule has 0 aliphatic rings. The van der Waals surface area contributed by atoms with Gasteiger partial charge in [-0.15, -0.1) is 0 Å². The fourth-order valence-electron chi connectivity index (χ4n) is 2.28. The Morgan fingerprint density at radius 3 is 2.08 bits per heavy atom. The third-order valence-corrected chi connectivity index (χ3v) is 5.55. The summed E-state index contributed by atoms with van der Waals surface area (Å²) < 4.78 is 32.7. The average Bonchev–Trinajstić information content (AvgIpc) is 2.59. The number of hydrogen-bond acceptors (Lipinski definition) is 4. The van der Waals surface area contributed by atoms with Gasteiger partial charge in [0.25, 0.3) is 0 Å². The number of nitrogens with zero attached hydrogens (tertiary/aromatic N) is 2. The first kappa shape index (κ1) is 18.4. The third-order valence-electron chi connectivity index (χ3n) is 3.70. The summed E-state index contributed by atoms with van der Waals surface area (Å²) in [6.45, 7) is 1.43. The predicted molar refractivity (Wildman–Crippen MR) is 95.6 cm³/mol. The molecular weight excluding hydrogens is 324 g/mol. The van der Waals surface area contributed by atoms with E-state index in [9.17, 15) is 8.42 Å². The van der Waals surface area contributed by atoms with Gasteiger partial charge in [-0.3, -0.25) is 0 Å². The van der Waals surface area contributed by atoms with Gasteiger partial charge < -0.3 is 9.64 Å². The highest BCUT2D eigenvalue weighted by Gasteiger charge is 2.24. The van der Waals surface area contributed by atoms with E-state index in [0.717, 1.165) is 5.56 Å². The van der Waals surface area contributed by atoms with Gasteiger partial charge in [0.1, 0.15) is 5.75 Å². The molecule has 0 atom stereocenters. The van der Waals surface area contributed by atoms with Crippen molar-refractivity contribution in [2.24, 2.45) is 0 Å². The zero-order valence-electron chi connectivity index (χ0n) is 14.3. The summed E-state index contributed by atoms with van der Waals surface area (Å²) in [5.74, 6) is 0.636. The second-order valence-electron chi connectivity index (χ2n) is 5.80. The van der Waals surface area contributed by atoms with Crippen molar-refractivity contribution in [3.05, 3.63) is 60.2 Å². The lowest BCUT2D eigenvalue weighted by Crippen LogP contribution is -2.36. The van der Waals surface area contributed by atoms with Crippen molar-refractivity contribution in [3.8, 4) is 5.75 Å². The minimum Gasteiger partial charge on any atom is -0.497 e. The predicted octanol–water partition coefficient (Wildman–Crippen LogP) is 2.45. The van der Waals surface area contributed by atoms with E-state index < -0.39 is 10.0 Å². The quantitative estimate of drug-likeness (QED) is 0.735. The molecule has 6 heteroatoms. The van der Waals surface area contributed by atoms with Crippen molar-refractivity contribution in [1.29, 1.82) is 0 Å². The van der Waals surface area contributed by atoms with Gasteiger partial charge in [0, 0.05) is 19.6 Å². The summed E-state index contributed by atoms with van der Waals surface area (Å²) in [7, 11) is 1.85. The fraction of sp³-hybridized carbons (Fsp3) is 0.333. The zero-order valence-corrected chi connectivity index (χ0v) is 15.2. The summed E-state index contributed by atoms with van der Waals surface area (Å²) >= 11 is 0. The Hall–Kier alpha value is -1.89. The van der Waals surface area contributed by atoms with Crippen LogP contribution in [0.1, 0.15) is 5.56 Å². The Balaban J connectivity index is 2.28. The lowest BCUT2D eigenvalue weighted by atomic mass is 10.2. The molecule has 0 N–H and O–H groups in total. The summed E-state index contributed by atoms with van der Waals surface area (Å²) in [5.41, 5.74) is 0.966. The molecule has 0 aromatic heterocycles. The molecule has 0 unspecified atom stereocenters. The lowest BCUT2D eigenvalue weighted by Gasteiger charge is -2.24. The van der Waals surface area contributed by atoms with Crippen LogP contribution in [0.4, 0.5) is 0 Å². The van der Waals surface area contributed by atoms with Crippen LogP contribution in [0, 0.1) is 0 Å². The number of likely N-dealkylation sites (N-methyl/N-ethyl adjacent to an activating group) is 1. The molecule has 0 radical (unpaired) electrons. The Labute approximate surface area is 144 Å². The molecule has 0 fully saturated rings. The van der Waals surface area contributed by atoms with Crippen LogP contribution in [0.3, 0.4) is 0 Å². The second-order valence-corrected chi connectivity index (χ2v) is 7.74. The van der Waals surface area contributed by atoms with Gasteiger partial charge in [0.15, 0.2) is 0 Å². The first-order valence-electron chi connectivity index (χ1n) is 7.76. The van der Waals surface area contributed by atoms with E-state index in [1.165, 1.54) is 4.31 Å². The number of hydrogen-bond donors (Lipinski definition) is 0. The maximum absolute atomic E-state index is 13.0. The van der Waals surface area contributed by atoms with Crippen molar-refractivity contribution in [2.45, 2.75) is 11.4 Å². The average molecular weight is 348 g/mol. The molecule has 2 aromatic carbocycles. The van der Waals surface area contributed by atoms with Crippen molar-refractivity contribution in [2.75, 3.05) is 34.3 Å². The van der Waals surface area contributed by atoms with E-state index in [-0.39, 0.29) is 4.90 Å². The summed E-state index contributed by atoms with van der Waals surface area (Å²) in [6, 6.07) is 16.1. The molecule has 0 heterocycles. The van der Waals surface area contributed by atoms with Crippen LogP contribution >= 0.6 is 0 Å². The lowest BCUT2D eigenvalue weighted by molar-refractivity contribution is 0.329. The Morgan fingerprint density at radius 1 is 0.917 bits per heavy atom. The molecular formula is C18H24N2O3S. The van der Waals surface area contributed by atoms with Crippen LogP contribution < -0.4 is 4.74 Å². The molecule has 2 rings (SSSR count). The van der Waals surface area contributed by atoms with E-state index in [1.807, 2.05) is 49.3 Å². The van der Waals surface area contributed by atoms with Crippen molar-refractivity contribution in [3.63, 3.8) is 0 Å². The molecule has 0 aliphatic carbocycles. The van der Waals surface area contributed by atoms with Crippen LogP contribution in [0.15, 0.2) is 59.5 Å². The van der Waals surface area contributed by atoms with Crippen molar-refractivity contribution >= 4 is 10.0 Å². The molecule has 130 valence electrons. The highest BCUT2D eigenvalue weighted by Crippen LogP contribution is 2.21. The zero-order chi connectivity index (χ0) is 17.6. The Bertz CT molecular complexity index is 729. The van der Waals surface area contributed by atoms with Gasteiger partial charge in [0.05, 0.1) is 12.0 Å². The standard InChI is InChI=1S/C18H24N2O3S/c1-19(2)13-14-20(15-16-7-5-4-6-8-16)24(21,22)18-11-9-17(23-3)10-12-18/h4-12H,13-15H2,1-3H3. The first-order valence-corrected chi connectivity index (χ1v) is 9.20. The molecule has 0 spiro atoms. The molecule has 0 saturated heterocycles. The van der Waals surface area contributed by atoms with Gasteiger partial charge in [-0.05, 0) is 43.9 Å². The number of ether oxygens (including phenoxy) is 1. The van der Waals surface area contributed by atoms with Crippen molar-refractivity contribution < 1.29 is 13.2 Å². The SMILES string of the molecule is COc1ccc(S(=O)(=O)N(CCN(C)C)Cc2ccccc2)cc1. The highest BCUT2D eigenvalue weighted by atomic mass is 32.2. The van der Waals surface area contributed by atoms with E-state index in [1.54, 1.807) is 31.4 Å². The summed E-state index contributed by atoms with van der Waals surface area (Å²) in [5, 5.41) is 0. The highest BCUT2D eigenvalue weighted by molar-refractivity contribution is 7.89. The third kappa shape index (κ3) is 4.80. The van der Waals surface area contributed by atoms with E-state index in [2.05, 4.69) is 0 Å². The van der Waals surface area contributed by atoms with Crippen LogP contribution in [0.2, 0.25) is 0 Å². The van der Waals surface area contributed by atoms with E-state index in [4.69, 9.17) is 4.74 Å². The molecule has 5 nitrogen and oxygen atoms in total. The molecule has 0 aliphatic heterocycles. The molecule has 24 heavy (non-hydrogen) atoms.